The average Bonchev–Trinajstić information content (AvgIpc) is 2.94. The lowest BCUT2D eigenvalue weighted by Crippen LogP contribution is -2.27. The number of carbonyl (C=O) groups is 1. The van der Waals surface area contributed by atoms with Crippen molar-refractivity contribution in [2.45, 2.75) is 0 Å². The molecule has 114 valence electrons. The molecule has 0 aliphatic rings. The fourth-order valence-electron chi connectivity index (χ4n) is 2.03. The summed E-state index contributed by atoms with van der Waals surface area (Å²) in [6, 6.07) is 7.51. The van der Waals surface area contributed by atoms with Crippen molar-refractivity contribution in [1.82, 2.24) is 10.3 Å². The average molecular weight is 299 g/mol. The first-order valence-electron chi connectivity index (χ1n) is 6.73. The van der Waals surface area contributed by atoms with Gasteiger partial charge in [0.1, 0.15) is 17.4 Å². The third-order valence-electron chi connectivity index (χ3n) is 3.18. The summed E-state index contributed by atoms with van der Waals surface area (Å²) < 4.78 is 10.1. The zero-order chi connectivity index (χ0) is 15.9. The molecule has 2 N–H and O–H groups in total. The van der Waals surface area contributed by atoms with Crippen molar-refractivity contribution in [1.29, 1.82) is 5.26 Å². The number of ether oxygens (including phenoxy) is 2. The molecule has 0 bridgehead atoms. The van der Waals surface area contributed by atoms with Gasteiger partial charge in [0.25, 0.3) is 5.91 Å². The number of hydrogen-bond donors (Lipinski definition) is 2. The Morgan fingerprint density at radius 3 is 2.95 bits per heavy atom. The topological polar surface area (TPSA) is 87.1 Å². The van der Waals surface area contributed by atoms with Crippen molar-refractivity contribution in [2.24, 2.45) is 0 Å². The predicted molar refractivity (Wildman–Crippen MR) is 83.3 cm³/mol. The predicted octanol–water partition coefficient (Wildman–Crippen LogP) is 1.85. The van der Waals surface area contributed by atoms with Crippen molar-refractivity contribution >= 4 is 22.9 Å². The van der Waals surface area contributed by atoms with Gasteiger partial charge in [-0.15, -0.1) is 0 Å². The maximum Gasteiger partial charge on any atom is 0.262 e. The van der Waals surface area contributed by atoms with E-state index in [1.54, 1.807) is 26.5 Å². The Kier molecular flexibility index (Phi) is 5.17. The van der Waals surface area contributed by atoms with E-state index in [-0.39, 0.29) is 5.57 Å². The van der Waals surface area contributed by atoms with Crippen LogP contribution in [0.5, 0.6) is 5.75 Å². The van der Waals surface area contributed by atoms with E-state index in [4.69, 9.17) is 9.47 Å². The number of hydrogen-bond acceptors (Lipinski definition) is 4. The SMILES string of the molecule is COCCNC(=O)/C(C#N)=C/c1c[nH]c2ccc(OC)cc12. The summed E-state index contributed by atoms with van der Waals surface area (Å²) in [5, 5.41) is 12.7. The molecule has 22 heavy (non-hydrogen) atoms. The highest BCUT2D eigenvalue weighted by atomic mass is 16.5. The van der Waals surface area contributed by atoms with Crippen molar-refractivity contribution in [2.75, 3.05) is 27.4 Å². The van der Waals surface area contributed by atoms with E-state index in [1.165, 1.54) is 0 Å². The van der Waals surface area contributed by atoms with Gasteiger partial charge in [0.2, 0.25) is 0 Å². The molecule has 6 heteroatoms. The maximum absolute atomic E-state index is 11.9. The van der Waals surface area contributed by atoms with Gasteiger partial charge in [-0.25, -0.2) is 0 Å². The van der Waals surface area contributed by atoms with Crippen LogP contribution >= 0.6 is 0 Å². The van der Waals surface area contributed by atoms with E-state index >= 15 is 0 Å². The second-order valence-corrected chi connectivity index (χ2v) is 4.57. The molecule has 0 saturated heterocycles. The van der Waals surface area contributed by atoms with E-state index in [0.717, 1.165) is 16.5 Å². The number of methoxy groups -OCH3 is 2. The van der Waals surface area contributed by atoms with E-state index in [9.17, 15) is 10.1 Å². The highest BCUT2D eigenvalue weighted by Crippen LogP contribution is 2.25. The summed E-state index contributed by atoms with van der Waals surface area (Å²) in [6.45, 7) is 0.755. The Hall–Kier alpha value is -2.78. The number of aromatic nitrogens is 1. The molecular weight excluding hydrogens is 282 g/mol. The zero-order valence-electron chi connectivity index (χ0n) is 12.5. The van der Waals surface area contributed by atoms with Crippen LogP contribution in [0.1, 0.15) is 5.56 Å². The fourth-order valence-corrected chi connectivity index (χ4v) is 2.03. The molecule has 0 unspecified atom stereocenters. The highest BCUT2D eigenvalue weighted by Gasteiger charge is 2.10. The van der Waals surface area contributed by atoms with Gasteiger partial charge in [-0.1, -0.05) is 0 Å². The highest BCUT2D eigenvalue weighted by molar-refractivity contribution is 6.04. The first-order valence-corrected chi connectivity index (χ1v) is 6.73. The van der Waals surface area contributed by atoms with Crippen LogP contribution in [0.3, 0.4) is 0 Å². The zero-order valence-corrected chi connectivity index (χ0v) is 12.5. The van der Waals surface area contributed by atoms with Crippen LogP contribution in [0.25, 0.3) is 17.0 Å². The van der Waals surface area contributed by atoms with Gasteiger partial charge in [-0.3, -0.25) is 4.79 Å². The second kappa shape index (κ2) is 7.29. The van der Waals surface area contributed by atoms with Crippen LogP contribution in [-0.4, -0.2) is 38.3 Å². The summed E-state index contributed by atoms with van der Waals surface area (Å²) in [5.41, 5.74) is 1.70. The molecule has 0 spiro atoms. The Labute approximate surface area is 128 Å². The van der Waals surface area contributed by atoms with Crippen LogP contribution < -0.4 is 10.1 Å². The summed E-state index contributed by atoms with van der Waals surface area (Å²) in [4.78, 5) is 15.0. The lowest BCUT2D eigenvalue weighted by Gasteiger charge is -2.03. The number of aromatic amines is 1. The fraction of sp³-hybridized carbons (Fsp3) is 0.250. The van der Waals surface area contributed by atoms with Gasteiger partial charge < -0.3 is 19.8 Å². The van der Waals surface area contributed by atoms with Crippen molar-refractivity contribution < 1.29 is 14.3 Å². The Bertz CT molecular complexity index is 741. The lowest BCUT2D eigenvalue weighted by atomic mass is 10.1. The molecule has 1 aromatic heterocycles. The number of fused-ring (bicyclic) bond motifs is 1. The first-order chi connectivity index (χ1) is 10.7. The molecule has 1 heterocycles. The normalized spacial score (nSPS) is 11.2. The molecule has 0 radical (unpaired) electrons. The number of H-pyrrole nitrogens is 1. The molecule has 2 aromatic rings. The van der Waals surface area contributed by atoms with E-state index in [1.807, 2.05) is 24.3 Å². The van der Waals surface area contributed by atoms with E-state index in [0.29, 0.717) is 18.9 Å². The standard InChI is InChI=1S/C16H17N3O3/c1-21-6-5-18-16(20)11(9-17)7-12-10-19-15-4-3-13(22-2)8-14(12)15/h3-4,7-8,10,19H,5-6H2,1-2H3,(H,18,20)/b11-7+. The number of rotatable bonds is 6. The van der Waals surface area contributed by atoms with E-state index < -0.39 is 5.91 Å². The van der Waals surface area contributed by atoms with Crippen LogP contribution in [0, 0.1) is 11.3 Å². The number of carbonyl (C=O) groups excluding carboxylic acids is 1. The van der Waals surface area contributed by atoms with Crippen molar-refractivity contribution in [3.63, 3.8) is 0 Å². The molecule has 2 rings (SSSR count). The molecule has 1 aromatic carbocycles. The number of nitrogens with zero attached hydrogens (tertiary/aromatic N) is 1. The third kappa shape index (κ3) is 3.45. The largest absolute Gasteiger partial charge is 0.497 e. The van der Waals surface area contributed by atoms with Crippen LogP contribution in [0.2, 0.25) is 0 Å². The van der Waals surface area contributed by atoms with Crippen LogP contribution in [0.15, 0.2) is 30.0 Å². The smallest absolute Gasteiger partial charge is 0.262 e. The van der Waals surface area contributed by atoms with Gasteiger partial charge in [0, 0.05) is 36.3 Å². The quantitative estimate of drug-likeness (QED) is 0.484. The first kappa shape index (κ1) is 15.6. The van der Waals surface area contributed by atoms with Gasteiger partial charge >= 0.3 is 0 Å². The van der Waals surface area contributed by atoms with Crippen molar-refractivity contribution in [3.8, 4) is 11.8 Å². The molecule has 6 nitrogen and oxygen atoms in total. The third-order valence-corrected chi connectivity index (χ3v) is 3.18. The van der Waals surface area contributed by atoms with Crippen LogP contribution in [-0.2, 0) is 9.53 Å². The number of amides is 1. The molecule has 0 aliphatic heterocycles. The van der Waals surface area contributed by atoms with Gasteiger partial charge in [0.15, 0.2) is 0 Å². The van der Waals surface area contributed by atoms with Gasteiger partial charge in [-0.2, -0.15) is 5.26 Å². The monoisotopic (exact) mass is 299 g/mol. The molecular formula is C16H17N3O3. The summed E-state index contributed by atoms with van der Waals surface area (Å²) in [7, 11) is 3.14. The number of nitrogens with one attached hydrogen (secondary N) is 2. The summed E-state index contributed by atoms with van der Waals surface area (Å²) >= 11 is 0. The minimum absolute atomic E-state index is 0.0415. The second-order valence-electron chi connectivity index (χ2n) is 4.57. The van der Waals surface area contributed by atoms with E-state index in [2.05, 4.69) is 10.3 Å². The molecule has 1 amide bonds. The van der Waals surface area contributed by atoms with Crippen molar-refractivity contribution in [3.05, 3.63) is 35.5 Å². The summed E-state index contributed by atoms with van der Waals surface area (Å²) in [5.74, 6) is 0.293. The number of benzene rings is 1. The minimum Gasteiger partial charge on any atom is -0.497 e. The molecule has 0 saturated carbocycles. The van der Waals surface area contributed by atoms with Gasteiger partial charge in [0.05, 0.1) is 13.7 Å². The maximum atomic E-state index is 11.9. The Morgan fingerprint density at radius 1 is 1.45 bits per heavy atom. The Morgan fingerprint density at radius 2 is 2.27 bits per heavy atom. The van der Waals surface area contributed by atoms with Crippen LogP contribution in [0.4, 0.5) is 0 Å². The molecule has 0 aliphatic carbocycles. The van der Waals surface area contributed by atoms with Gasteiger partial charge in [-0.05, 0) is 24.3 Å². The molecule has 0 atom stereocenters. The Balaban J connectivity index is 2.29. The minimum atomic E-state index is -0.420. The number of nitriles is 1. The summed E-state index contributed by atoms with van der Waals surface area (Å²) in [6.07, 6.45) is 3.31. The molecule has 0 fully saturated rings. The lowest BCUT2D eigenvalue weighted by molar-refractivity contribution is -0.117.